The molecule has 3 aromatic carbocycles. The van der Waals surface area contributed by atoms with Crippen LogP contribution in [0.1, 0.15) is 41.3 Å². The average Bonchev–Trinajstić information content (AvgIpc) is 3.40. The Labute approximate surface area is 201 Å². The van der Waals surface area contributed by atoms with E-state index in [1.807, 2.05) is 35.2 Å². The fourth-order valence-electron chi connectivity index (χ4n) is 4.85. The molecule has 0 spiro atoms. The summed E-state index contributed by atoms with van der Waals surface area (Å²) >= 11 is 0. The number of para-hydroxylation sites is 2. The Balaban J connectivity index is 1.35. The van der Waals surface area contributed by atoms with Gasteiger partial charge in [-0.3, -0.25) is 4.79 Å². The maximum atomic E-state index is 12.9. The van der Waals surface area contributed by atoms with Crippen molar-refractivity contribution in [3.63, 3.8) is 0 Å². The summed E-state index contributed by atoms with van der Waals surface area (Å²) in [5.41, 5.74) is 6.66. The smallest absolute Gasteiger partial charge is 0.227 e. The summed E-state index contributed by atoms with van der Waals surface area (Å²) in [5.74, 6) is 2.18. The first-order valence-corrected chi connectivity index (χ1v) is 12.0. The summed E-state index contributed by atoms with van der Waals surface area (Å²) in [4.78, 5) is 19.8. The minimum Gasteiger partial charge on any atom is -0.493 e. The predicted octanol–water partition coefficient (Wildman–Crippen LogP) is 5.95. The highest BCUT2D eigenvalue weighted by atomic mass is 16.5. The van der Waals surface area contributed by atoms with Gasteiger partial charge in [0.05, 0.1) is 17.6 Å². The van der Waals surface area contributed by atoms with Crippen LogP contribution in [0.4, 0.5) is 5.69 Å². The van der Waals surface area contributed by atoms with Crippen LogP contribution in [0.3, 0.4) is 0 Å². The Bertz CT molecular complexity index is 1340. The number of nitrogens with zero attached hydrogens (tertiary/aromatic N) is 3. The molecule has 1 aromatic heterocycles. The van der Waals surface area contributed by atoms with Crippen molar-refractivity contribution in [3.05, 3.63) is 89.2 Å². The summed E-state index contributed by atoms with van der Waals surface area (Å²) < 4.78 is 8.39. The van der Waals surface area contributed by atoms with Crippen LogP contribution in [0.25, 0.3) is 11.0 Å². The van der Waals surface area contributed by atoms with Crippen LogP contribution in [0, 0.1) is 20.8 Å². The largest absolute Gasteiger partial charge is 0.493 e. The van der Waals surface area contributed by atoms with Crippen LogP contribution in [-0.4, -0.2) is 28.6 Å². The van der Waals surface area contributed by atoms with E-state index in [4.69, 9.17) is 9.72 Å². The standard InChI is InChI=1S/C29H31N3O2/c1-20-9-6-11-24(17-20)32-19-23(18-28(32)33)29-30-25-12-4-5-13-26(25)31(29)15-8-16-34-27-14-7-10-21(2)22(27)3/h4-7,9-14,17,23H,8,15-16,18-19H2,1-3H3. The van der Waals surface area contributed by atoms with Gasteiger partial charge < -0.3 is 14.2 Å². The molecule has 4 aromatic rings. The van der Waals surface area contributed by atoms with Gasteiger partial charge in [-0.25, -0.2) is 4.98 Å². The number of hydrogen-bond acceptors (Lipinski definition) is 3. The molecule has 174 valence electrons. The average molecular weight is 454 g/mol. The SMILES string of the molecule is Cc1cccc(N2CC(c3nc4ccccc4n3CCCOc3cccc(C)c3C)CC2=O)c1. The van der Waals surface area contributed by atoms with Crippen molar-refractivity contribution in [1.82, 2.24) is 9.55 Å². The zero-order chi connectivity index (χ0) is 23.7. The number of benzene rings is 3. The molecule has 1 fully saturated rings. The van der Waals surface area contributed by atoms with Crippen LogP contribution in [-0.2, 0) is 11.3 Å². The van der Waals surface area contributed by atoms with E-state index in [1.165, 1.54) is 11.1 Å². The molecule has 0 radical (unpaired) electrons. The van der Waals surface area contributed by atoms with Gasteiger partial charge in [0.25, 0.3) is 0 Å². The Morgan fingerprint density at radius 1 is 1.00 bits per heavy atom. The number of fused-ring (bicyclic) bond motifs is 1. The molecule has 5 heteroatoms. The van der Waals surface area contributed by atoms with Gasteiger partial charge in [0.15, 0.2) is 0 Å². The third-order valence-electron chi connectivity index (χ3n) is 6.83. The summed E-state index contributed by atoms with van der Waals surface area (Å²) in [6.07, 6.45) is 1.35. The van der Waals surface area contributed by atoms with Gasteiger partial charge in [-0.05, 0) is 74.2 Å². The second-order valence-corrected chi connectivity index (χ2v) is 9.25. The number of aryl methyl sites for hydroxylation is 3. The Morgan fingerprint density at radius 3 is 2.68 bits per heavy atom. The fraction of sp³-hybridized carbons (Fsp3) is 0.310. The highest BCUT2D eigenvalue weighted by Gasteiger charge is 2.34. The van der Waals surface area contributed by atoms with Crippen molar-refractivity contribution >= 4 is 22.6 Å². The summed E-state index contributed by atoms with van der Waals surface area (Å²) in [7, 11) is 0. The number of ether oxygens (including phenoxy) is 1. The monoisotopic (exact) mass is 453 g/mol. The van der Waals surface area contributed by atoms with Crippen molar-refractivity contribution in [2.75, 3.05) is 18.1 Å². The predicted molar refractivity (Wildman–Crippen MR) is 137 cm³/mol. The summed E-state index contributed by atoms with van der Waals surface area (Å²) in [5, 5.41) is 0. The highest BCUT2D eigenvalue weighted by molar-refractivity contribution is 5.96. The Kier molecular flexibility index (Phi) is 6.10. The van der Waals surface area contributed by atoms with E-state index in [0.29, 0.717) is 19.6 Å². The first-order valence-electron chi connectivity index (χ1n) is 12.0. The van der Waals surface area contributed by atoms with E-state index in [-0.39, 0.29) is 11.8 Å². The molecule has 0 aliphatic carbocycles. The Hall–Kier alpha value is -3.60. The zero-order valence-corrected chi connectivity index (χ0v) is 20.1. The first-order chi connectivity index (χ1) is 16.5. The lowest BCUT2D eigenvalue weighted by molar-refractivity contribution is -0.117. The third kappa shape index (κ3) is 4.30. The lowest BCUT2D eigenvalue weighted by atomic mass is 10.1. The van der Waals surface area contributed by atoms with E-state index >= 15 is 0 Å². The van der Waals surface area contributed by atoms with E-state index in [9.17, 15) is 4.79 Å². The number of anilines is 1. The minimum absolute atomic E-state index is 0.0698. The molecule has 1 amide bonds. The number of imidazole rings is 1. The number of amides is 1. The first kappa shape index (κ1) is 22.2. The second kappa shape index (κ2) is 9.34. The van der Waals surface area contributed by atoms with E-state index in [0.717, 1.165) is 46.8 Å². The second-order valence-electron chi connectivity index (χ2n) is 9.25. The van der Waals surface area contributed by atoms with Gasteiger partial charge in [-0.15, -0.1) is 0 Å². The molecule has 1 aliphatic rings. The lowest BCUT2D eigenvalue weighted by Gasteiger charge is -2.18. The van der Waals surface area contributed by atoms with Gasteiger partial charge in [0, 0.05) is 31.1 Å². The molecule has 1 aliphatic heterocycles. The van der Waals surface area contributed by atoms with Crippen molar-refractivity contribution in [2.24, 2.45) is 0 Å². The molecule has 5 nitrogen and oxygen atoms in total. The zero-order valence-electron chi connectivity index (χ0n) is 20.1. The van der Waals surface area contributed by atoms with Crippen LogP contribution < -0.4 is 9.64 Å². The van der Waals surface area contributed by atoms with Crippen molar-refractivity contribution in [3.8, 4) is 5.75 Å². The normalized spacial score (nSPS) is 15.9. The molecule has 2 heterocycles. The van der Waals surface area contributed by atoms with Crippen LogP contribution in [0.5, 0.6) is 5.75 Å². The Morgan fingerprint density at radius 2 is 1.82 bits per heavy atom. The maximum Gasteiger partial charge on any atom is 0.227 e. The van der Waals surface area contributed by atoms with Crippen molar-refractivity contribution in [2.45, 2.75) is 46.1 Å². The minimum atomic E-state index is 0.0698. The molecule has 0 bridgehead atoms. The number of hydrogen-bond donors (Lipinski definition) is 0. The molecule has 5 rings (SSSR count). The summed E-state index contributed by atoms with van der Waals surface area (Å²) in [6, 6.07) is 22.6. The number of carbonyl (C=O) groups excluding carboxylic acids is 1. The van der Waals surface area contributed by atoms with Gasteiger partial charge in [0.1, 0.15) is 11.6 Å². The van der Waals surface area contributed by atoms with E-state index in [1.54, 1.807) is 0 Å². The molecule has 1 saturated heterocycles. The van der Waals surface area contributed by atoms with E-state index < -0.39 is 0 Å². The quantitative estimate of drug-likeness (QED) is 0.325. The van der Waals surface area contributed by atoms with E-state index in [2.05, 4.69) is 61.7 Å². The topological polar surface area (TPSA) is 47.4 Å². The third-order valence-corrected chi connectivity index (χ3v) is 6.83. The van der Waals surface area contributed by atoms with Crippen LogP contribution >= 0.6 is 0 Å². The molecular weight excluding hydrogens is 422 g/mol. The highest BCUT2D eigenvalue weighted by Crippen LogP contribution is 2.33. The molecular formula is C29H31N3O2. The van der Waals surface area contributed by atoms with Crippen LogP contribution in [0.2, 0.25) is 0 Å². The molecule has 0 N–H and O–H groups in total. The van der Waals surface area contributed by atoms with Crippen molar-refractivity contribution < 1.29 is 9.53 Å². The van der Waals surface area contributed by atoms with Crippen molar-refractivity contribution in [1.29, 1.82) is 0 Å². The lowest BCUT2D eigenvalue weighted by Crippen LogP contribution is -2.24. The number of aromatic nitrogens is 2. The van der Waals surface area contributed by atoms with Gasteiger partial charge in [0.2, 0.25) is 5.91 Å². The fourth-order valence-corrected chi connectivity index (χ4v) is 4.85. The maximum absolute atomic E-state index is 12.9. The summed E-state index contributed by atoms with van der Waals surface area (Å²) in [6.45, 7) is 8.36. The van der Waals surface area contributed by atoms with Gasteiger partial charge in [-0.2, -0.15) is 0 Å². The van der Waals surface area contributed by atoms with Crippen LogP contribution in [0.15, 0.2) is 66.7 Å². The van der Waals surface area contributed by atoms with Gasteiger partial charge in [-0.1, -0.05) is 36.4 Å². The van der Waals surface area contributed by atoms with Gasteiger partial charge >= 0.3 is 0 Å². The molecule has 34 heavy (non-hydrogen) atoms. The molecule has 1 unspecified atom stereocenters. The molecule has 1 atom stereocenters. The number of rotatable bonds is 7. The number of carbonyl (C=O) groups is 1. The molecule has 0 saturated carbocycles.